The Morgan fingerprint density at radius 2 is 1.79 bits per heavy atom. The number of sulfonamides is 1. The van der Waals surface area contributed by atoms with Crippen LogP contribution in [0.15, 0.2) is 0 Å². The van der Waals surface area contributed by atoms with Gasteiger partial charge in [-0.2, -0.15) is 0 Å². The van der Waals surface area contributed by atoms with Gasteiger partial charge in [-0.15, -0.1) is 0 Å². The first-order valence-corrected chi connectivity index (χ1v) is 7.15. The van der Waals surface area contributed by atoms with Crippen molar-refractivity contribution >= 4 is 25.8 Å². The first kappa shape index (κ1) is 13.3. The van der Waals surface area contributed by atoms with Crippen LogP contribution < -0.4 is 4.72 Å². The van der Waals surface area contributed by atoms with Crippen molar-refractivity contribution in [2.45, 2.75) is 13.0 Å². The van der Waals surface area contributed by atoms with Gasteiger partial charge >= 0.3 is 5.97 Å². The third-order valence-corrected chi connectivity index (χ3v) is 4.76. The molecule has 84 valence electrons. The minimum atomic E-state index is -4.10. The molecule has 0 aromatic heterocycles. The van der Waals surface area contributed by atoms with Gasteiger partial charge in [-0.05, 0) is 6.92 Å². The lowest BCUT2D eigenvalue weighted by molar-refractivity contribution is -0.138. The molecule has 0 radical (unpaired) electrons. The minimum Gasteiger partial charge on any atom is -0.480 e. The molecule has 0 rings (SSSR count). The molecule has 0 aromatic carbocycles. The molecule has 0 heterocycles. The summed E-state index contributed by atoms with van der Waals surface area (Å²) in [5, 5.41) is 7.25. The summed E-state index contributed by atoms with van der Waals surface area (Å²) in [6, 6.07) is -1.35. The first-order valence-electron chi connectivity index (χ1n) is 3.44. The summed E-state index contributed by atoms with van der Waals surface area (Å²) in [5.74, 6) is -1.37. The third kappa shape index (κ3) is 5.89. The Kier molecular flexibility index (Phi) is 4.03. The maximum absolute atomic E-state index is 11.0. The Bertz CT molecular complexity index is 408. The number of rotatable bonds is 5. The summed E-state index contributed by atoms with van der Waals surface area (Å²) in [6.07, 6.45) is 0.748. The lowest BCUT2D eigenvalue weighted by atomic mass is 10.4. The number of hydrogen-bond acceptors (Lipinski definition) is 5. The largest absolute Gasteiger partial charge is 0.480 e. The molecule has 0 bridgehead atoms. The van der Waals surface area contributed by atoms with Crippen molar-refractivity contribution < 1.29 is 26.7 Å². The standard InChI is InChI=1S/C5H11NO6S2/c1-4(5(7)8)6-14(11,12)3-13(2,9)10/h4,6H,3H2,1-2H3,(H,7,8). The molecule has 0 aromatic rings. The van der Waals surface area contributed by atoms with Crippen LogP contribution in [0.1, 0.15) is 6.92 Å². The highest BCUT2D eigenvalue weighted by Gasteiger charge is 2.23. The van der Waals surface area contributed by atoms with Gasteiger partial charge in [0, 0.05) is 6.26 Å². The molecule has 1 unspecified atom stereocenters. The number of carboxylic acid groups (broad SMARTS) is 1. The summed E-state index contributed by atoms with van der Waals surface area (Å²) in [4.78, 5) is 10.3. The van der Waals surface area contributed by atoms with Crippen molar-refractivity contribution in [1.29, 1.82) is 0 Å². The molecule has 0 aliphatic carbocycles. The van der Waals surface area contributed by atoms with Crippen LogP contribution in [0.5, 0.6) is 0 Å². The zero-order valence-electron chi connectivity index (χ0n) is 7.59. The van der Waals surface area contributed by atoms with Gasteiger partial charge in [0.25, 0.3) is 0 Å². The summed E-state index contributed by atoms with van der Waals surface area (Å²) < 4.78 is 45.0. The molecule has 0 spiro atoms. The number of carbonyl (C=O) groups is 1. The lowest BCUT2D eigenvalue weighted by Gasteiger charge is -2.08. The van der Waals surface area contributed by atoms with E-state index in [1.54, 1.807) is 4.72 Å². The smallest absolute Gasteiger partial charge is 0.321 e. The van der Waals surface area contributed by atoms with Crippen LogP contribution in [0.4, 0.5) is 0 Å². The SMILES string of the molecule is CC(NS(=O)(=O)CS(C)(=O)=O)C(=O)O. The van der Waals surface area contributed by atoms with Gasteiger partial charge in [0.15, 0.2) is 14.9 Å². The van der Waals surface area contributed by atoms with Gasteiger partial charge in [0.1, 0.15) is 6.04 Å². The molecule has 0 saturated carbocycles. The monoisotopic (exact) mass is 245 g/mol. The molecule has 0 aliphatic heterocycles. The van der Waals surface area contributed by atoms with Crippen LogP contribution in [0.3, 0.4) is 0 Å². The van der Waals surface area contributed by atoms with Crippen molar-refractivity contribution in [3.8, 4) is 0 Å². The Balaban J connectivity index is 4.61. The maximum Gasteiger partial charge on any atom is 0.321 e. The van der Waals surface area contributed by atoms with E-state index in [2.05, 4.69) is 0 Å². The van der Waals surface area contributed by atoms with Crippen LogP contribution in [-0.2, 0) is 24.7 Å². The van der Waals surface area contributed by atoms with Gasteiger partial charge in [-0.3, -0.25) is 4.79 Å². The molecule has 2 N–H and O–H groups in total. The fourth-order valence-corrected chi connectivity index (χ4v) is 3.80. The average Bonchev–Trinajstić information content (AvgIpc) is 1.78. The van der Waals surface area contributed by atoms with Crippen LogP contribution in [0.2, 0.25) is 0 Å². The van der Waals surface area contributed by atoms with E-state index in [1.807, 2.05) is 0 Å². The zero-order valence-corrected chi connectivity index (χ0v) is 9.22. The number of sulfone groups is 1. The molecular weight excluding hydrogens is 234 g/mol. The molecular formula is C5H11NO6S2. The van der Waals surface area contributed by atoms with Gasteiger partial charge in [-0.25, -0.2) is 21.6 Å². The molecule has 0 aliphatic rings. The van der Waals surface area contributed by atoms with Crippen LogP contribution in [0.25, 0.3) is 0 Å². The maximum atomic E-state index is 11.0. The van der Waals surface area contributed by atoms with Crippen LogP contribution in [0, 0.1) is 0 Å². The number of carboxylic acids is 1. The number of nitrogens with one attached hydrogen (secondary N) is 1. The van der Waals surface area contributed by atoms with Crippen molar-refractivity contribution in [2.75, 3.05) is 11.3 Å². The minimum absolute atomic E-state index is 0.748. The van der Waals surface area contributed by atoms with E-state index in [-0.39, 0.29) is 0 Å². The molecule has 0 amide bonds. The van der Waals surface area contributed by atoms with Crippen molar-refractivity contribution in [3.63, 3.8) is 0 Å². The highest BCUT2D eigenvalue weighted by molar-refractivity contribution is 8.06. The van der Waals surface area contributed by atoms with Crippen molar-refractivity contribution in [1.82, 2.24) is 4.72 Å². The molecule has 14 heavy (non-hydrogen) atoms. The highest BCUT2D eigenvalue weighted by Crippen LogP contribution is 1.94. The van der Waals surface area contributed by atoms with Gasteiger partial charge in [0.05, 0.1) is 0 Å². The number of hydrogen-bond donors (Lipinski definition) is 2. The third-order valence-electron chi connectivity index (χ3n) is 1.10. The van der Waals surface area contributed by atoms with E-state index in [9.17, 15) is 21.6 Å². The van der Waals surface area contributed by atoms with E-state index in [0.717, 1.165) is 13.2 Å². The summed E-state index contributed by atoms with van der Waals surface area (Å²) in [7, 11) is -7.80. The summed E-state index contributed by atoms with van der Waals surface area (Å²) in [5.41, 5.74) is 0. The second kappa shape index (κ2) is 4.24. The second-order valence-corrected chi connectivity index (χ2v) is 7.10. The molecule has 0 fully saturated rings. The van der Waals surface area contributed by atoms with Gasteiger partial charge < -0.3 is 5.11 Å². The molecule has 1 atom stereocenters. The topological polar surface area (TPSA) is 118 Å². The predicted molar refractivity (Wildman–Crippen MR) is 48.9 cm³/mol. The van der Waals surface area contributed by atoms with Crippen molar-refractivity contribution in [2.24, 2.45) is 0 Å². The average molecular weight is 245 g/mol. The zero-order chi connectivity index (χ0) is 11.6. The quantitative estimate of drug-likeness (QED) is 0.601. The highest BCUT2D eigenvalue weighted by atomic mass is 32.3. The number of aliphatic carboxylic acids is 1. The Labute approximate surface area is 82.1 Å². The van der Waals surface area contributed by atoms with Gasteiger partial charge in [-0.1, -0.05) is 0 Å². The Hall–Kier alpha value is -0.670. The second-order valence-electron chi connectivity index (χ2n) is 2.84. The normalized spacial score (nSPS) is 15.0. The Morgan fingerprint density at radius 1 is 1.36 bits per heavy atom. The van der Waals surface area contributed by atoms with E-state index in [4.69, 9.17) is 5.11 Å². The molecule has 9 heteroatoms. The predicted octanol–water partition coefficient (Wildman–Crippen LogP) is -1.62. The van der Waals surface area contributed by atoms with E-state index in [0.29, 0.717) is 0 Å². The molecule has 0 saturated heterocycles. The summed E-state index contributed by atoms with van der Waals surface area (Å²) >= 11 is 0. The van der Waals surface area contributed by atoms with Crippen LogP contribution in [-0.4, -0.2) is 45.3 Å². The lowest BCUT2D eigenvalue weighted by Crippen LogP contribution is -2.40. The van der Waals surface area contributed by atoms with E-state index in [1.165, 1.54) is 0 Å². The fourth-order valence-electron chi connectivity index (χ4n) is 0.636. The van der Waals surface area contributed by atoms with Gasteiger partial charge in [0.2, 0.25) is 10.0 Å². The fraction of sp³-hybridized carbons (Fsp3) is 0.800. The van der Waals surface area contributed by atoms with Crippen LogP contribution >= 0.6 is 0 Å². The first-order chi connectivity index (χ1) is 6.03. The van der Waals surface area contributed by atoms with E-state index >= 15 is 0 Å². The Morgan fingerprint density at radius 3 is 2.07 bits per heavy atom. The molecule has 7 nitrogen and oxygen atoms in total. The van der Waals surface area contributed by atoms with Crippen molar-refractivity contribution in [3.05, 3.63) is 0 Å². The van der Waals surface area contributed by atoms with E-state index < -0.39 is 37.0 Å². The summed E-state index contributed by atoms with van der Waals surface area (Å²) in [6.45, 7) is 1.10.